The molecule has 0 aliphatic rings. The molecule has 1 heterocycles. The van der Waals surface area contributed by atoms with E-state index in [2.05, 4.69) is 38.2 Å². The maximum Gasteiger partial charge on any atom is 0.257 e. The van der Waals surface area contributed by atoms with Gasteiger partial charge in [0.2, 0.25) is 0 Å². The SMILES string of the molecule is O=C(NC(=S)Nc1cc(-c2nc3ccccc3s2)c(Cl)cc1Cl)c1ccc(I)cc1. The molecule has 0 radical (unpaired) electrons. The standard InChI is InChI=1S/C21H12Cl2IN3OS2/c22-14-10-15(23)17(9-13(14)20-25-16-3-1-2-4-18(16)30-20)26-21(29)27-19(28)11-5-7-12(24)8-6-11/h1-10H,(H2,26,27,28,29). The molecule has 0 saturated carbocycles. The number of hydrogen-bond acceptors (Lipinski definition) is 4. The monoisotopic (exact) mass is 583 g/mol. The van der Waals surface area contributed by atoms with Crippen LogP contribution in [0.1, 0.15) is 10.4 Å². The Bertz CT molecular complexity index is 1240. The van der Waals surface area contributed by atoms with Crippen molar-refractivity contribution in [2.24, 2.45) is 0 Å². The fraction of sp³-hybridized carbons (Fsp3) is 0. The van der Waals surface area contributed by atoms with Crippen molar-refractivity contribution < 1.29 is 4.79 Å². The molecule has 0 spiro atoms. The predicted octanol–water partition coefficient (Wildman–Crippen LogP) is 7.00. The highest BCUT2D eigenvalue weighted by molar-refractivity contribution is 14.1. The van der Waals surface area contributed by atoms with Crippen molar-refractivity contribution in [3.63, 3.8) is 0 Å². The fourth-order valence-corrected chi connectivity index (χ4v) is 4.86. The maximum atomic E-state index is 12.4. The van der Waals surface area contributed by atoms with Crippen LogP contribution in [0.4, 0.5) is 5.69 Å². The van der Waals surface area contributed by atoms with Gasteiger partial charge in [0, 0.05) is 14.7 Å². The van der Waals surface area contributed by atoms with Gasteiger partial charge in [-0.25, -0.2) is 4.98 Å². The lowest BCUT2D eigenvalue weighted by atomic mass is 10.2. The van der Waals surface area contributed by atoms with E-state index >= 15 is 0 Å². The van der Waals surface area contributed by atoms with Crippen molar-refractivity contribution in [2.75, 3.05) is 5.32 Å². The molecule has 1 amide bonds. The number of fused-ring (bicyclic) bond motifs is 1. The van der Waals surface area contributed by atoms with Gasteiger partial charge in [-0.05, 0) is 83.3 Å². The van der Waals surface area contributed by atoms with Gasteiger partial charge in [0.15, 0.2) is 5.11 Å². The van der Waals surface area contributed by atoms with Gasteiger partial charge in [-0.1, -0.05) is 35.3 Å². The van der Waals surface area contributed by atoms with Crippen LogP contribution in [0.15, 0.2) is 60.7 Å². The minimum Gasteiger partial charge on any atom is -0.331 e. The van der Waals surface area contributed by atoms with Crippen molar-refractivity contribution in [1.29, 1.82) is 0 Å². The Balaban J connectivity index is 1.56. The molecule has 0 aliphatic carbocycles. The Kier molecular flexibility index (Phi) is 6.54. The topological polar surface area (TPSA) is 54.0 Å². The van der Waals surface area contributed by atoms with Crippen LogP contribution in [0.5, 0.6) is 0 Å². The summed E-state index contributed by atoms with van der Waals surface area (Å²) in [6.07, 6.45) is 0. The third kappa shape index (κ3) is 4.76. The first kappa shape index (κ1) is 21.5. The molecule has 0 saturated heterocycles. The highest BCUT2D eigenvalue weighted by Gasteiger charge is 2.15. The zero-order valence-electron chi connectivity index (χ0n) is 15.1. The van der Waals surface area contributed by atoms with Crippen LogP contribution in [0.3, 0.4) is 0 Å². The number of nitrogens with one attached hydrogen (secondary N) is 2. The number of rotatable bonds is 3. The van der Waals surface area contributed by atoms with Crippen molar-refractivity contribution >= 4 is 96.3 Å². The number of amides is 1. The summed E-state index contributed by atoms with van der Waals surface area (Å²) in [6, 6.07) is 18.5. The van der Waals surface area contributed by atoms with Gasteiger partial charge in [-0.15, -0.1) is 11.3 Å². The Morgan fingerprint density at radius 2 is 1.77 bits per heavy atom. The Hall–Kier alpha value is -1.78. The third-order valence-electron chi connectivity index (χ3n) is 4.16. The van der Waals surface area contributed by atoms with E-state index in [1.54, 1.807) is 24.3 Å². The first-order chi connectivity index (χ1) is 14.4. The first-order valence-corrected chi connectivity index (χ1v) is 11.7. The van der Waals surface area contributed by atoms with E-state index in [4.69, 9.17) is 35.4 Å². The molecule has 0 atom stereocenters. The molecule has 0 unspecified atom stereocenters. The molecule has 3 aromatic carbocycles. The number of aromatic nitrogens is 1. The largest absolute Gasteiger partial charge is 0.331 e. The zero-order valence-corrected chi connectivity index (χ0v) is 20.4. The third-order valence-corrected chi connectivity index (χ3v) is 6.78. The second-order valence-electron chi connectivity index (χ2n) is 6.21. The minimum absolute atomic E-state index is 0.137. The molecular weight excluding hydrogens is 572 g/mol. The Morgan fingerprint density at radius 3 is 2.50 bits per heavy atom. The molecule has 4 rings (SSSR count). The molecule has 2 N–H and O–H groups in total. The normalized spacial score (nSPS) is 10.8. The van der Waals surface area contributed by atoms with Crippen molar-refractivity contribution in [2.45, 2.75) is 0 Å². The number of anilines is 1. The number of benzene rings is 3. The molecular formula is C21H12Cl2IN3OS2. The molecule has 0 bridgehead atoms. The number of thiazole rings is 1. The molecule has 150 valence electrons. The van der Waals surface area contributed by atoms with Gasteiger partial charge in [0.25, 0.3) is 5.91 Å². The van der Waals surface area contributed by atoms with E-state index in [0.717, 1.165) is 24.4 Å². The van der Waals surface area contributed by atoms with Gasteiger partial charge < -0.3 is 5.32 Å². The number of carbonyl (C=O) groups excluding carboxylic acids is 1. The molecule has 9 heteroatoms. The van der Waals surface area contributed by atoms with E-state index < -0.39 is 0 Å². The van der Waals surface area contributed by atoms with Crippen LogP contribution in [0.2, 0.25) is 10.0 Å². The van der Waals surface area contributed by atoms with Crippen molar-refractivity contribution in [1.82, 2.24) is 10.3 Å². The average Bonchev–Trinajstić information content (AvgIpc) is 3.14. The minimum atomic E-state index is -0.305. The highest BCUT2D eigenvalue weighted by Crippen LogP contribution is 2.38. The summed E-state index contributed by atoms with van der Waals surface area (Å²) in [6.45, 7) is 0. The highest BCUT2D eigenvalue weighted by atomic mass is 127. The summed E-state index contributed by atoms with van der Waals surface area (Å²) in [5.41, 5.74) is 2.68. The summed E-state index contributed by atoms with van der Waals surface area (Å²) in [4.78, 5) is 17.0. The van der Waals surface area contributed by atoms with Crippen molar-refractivity contribution in [3.8, 4) is 10.6 Å². The van der Waals surface area contributed by atoms with Crippen LogP contribution in [-0.2, 0) is 0 Å². The Labute approximate surface area is 205 Å². The van der Waals surface area contributed by atoms with Crippen LogP contribution < -0.4 is 10.6 Å². The zero-order chi connectivity index (χ0) is 21.3. The quantitative estimate of drug-likeness (QED) is 0.201. The lowest BCUT2D eigenvalue weighted by molar-refractivity contribution is 0.0977. The van der Waals surface area contributed by atoms with E-state index in [-0.39, 0.29) is 11.0 Å². The number of nitrogens with zero attached hydrogens (tertiary/aromatic N) is 1. The lowest BCUT2D eigenvalue weighted by Gasteiger charge is -2.13. The van der Waals surface area contributed by atoms with Crippen molar-refractivity contribution in [3.05, 3.63) is 79.8 Å². The number of halogens is 3. The Morgan fingerprint density at radius 1 is 1.03 bits per heavy atom. The fourth-order valence-electron chi connectivity index (χ4n) is 2.73. The van der Waals surface area contributed by atoms with E-state index in [1.165, 1.54) is 11.3 Å². The van der Waals surface area contributed by atoms with E-state index in [9.17, 15) is 4.79 Å². The van der Waals surface area contributed by atoms with Crippen LogP contribution >= 0.6 is 69.3 Å². The van der Waals surface area contributed by atoms with Gasteiger partial charge in [0.05, 0.1) is 25.9 Å². The molecule has 4 nitrogen and oxygen atoms in total. The maximum absolute atomic E-state index is 12.4. The molecule has 0 aliphatic heterocycles. The summed E-state index contributed by atoms with van der Waals surface area (Å²) in [5, 5.41) is 7.42. The van der Waals surface area contributed by atoms with Gasteiger partial charge >= 0.3 is 0 Å². The molecule has 1 aromatic heterocycles. The number of thiocarbonyl (C=S) groups is 1. The van der Waals surface area contributed by atoms with E-state index in [1.807, 2.05) is 36.4 Å². The smallest absolute Gasteiger partial charge is 0.257 e. The molecule has 30 heavy (non-hydrogen) atoms. The second-order valence-corrected chi connectivity index (χ2v) is 9.71. The number of carbonyl (C=O) groups is 1. The van der Waals surface area contributed by atoms with E-state index in [0.29, 0.717) is 21.3 Å². The van der Waals surface area contributed by atoms with Gasteiger partial charge in [-0.2, -0.15) is 0 Å². The summed E-state index contributed by atoms with van der Waals surface area (Å²) >= 11 is 21.8. The molecule has 0 fully saturated rings. The van der Waals surface area contributed by atoms with Gasteiger partial charge in [0.1, 0.15) is 5.01 Å². The summed E-state index contributed by atoms with van der Waals surface area (Å²) < 4.78 is 2.11. The second kappa shape index (κ2) is 9.15. The number of para-hydroxylation sites is 1. The van der Waals surface area contributed by atoms with Crippen LogP contribution in [0, 0.1) is 3.57 Å². The average molecular weight is 584 g/mol. The lowest BCUT2D eigenvalue weighted by Crippen LogP contribution is -2.34. The number of hydrogen-bond donors (Lipinski definition) is 2. The first-order valence-electron chi connectivity index (χ1n) is 8.63. The molecule has 4 aromatic rings. The van der Waals surface area contributed by atoms with Gasteiger partial charge in [-0.3, -0.25) is 10.1 Å². The predicted molar refractivity (Wildman–Crippen MR) is 138 cm³/mol. The van der Waals surface area contributed by atoms with Crippen LogP contribution in [0.25, 0.3) is 20.8 Å². The van der Waals surface area contributed by atoms with Crippen LogP contribution in [-0.4, -0.2) is 16.0 Å². The summed E-state index contributed by atoms with van der Waals surface area (Å²) in [7, 11) is 0. The summed E-state index contributed by atoms with van der Waals surface area (Å²) in [5.74, 6) is -0.305.